The second kappa shape index (κ2) is 6.01. The van der Waals surface area contributed by atoms with E-state index in [4.69, 9.17) is 0 Å². The van der Waals surface area contributed by atoms with Crippen LogP contribution in [0.3, 0.4) is 0 Å². The second-order valence-corrected chi connectivity index (χ2v) is 5.03. The molecule has 0 aliphatic carbocycles. The van der Waals surface area contributed by atoms with E-state index < -0.39 is 12.2 Å². The van der Waals surface area contributed by atoms with E-state index in [1.54, 1.807) is 23.3 Å². The topological polar surface area (TPSA) is 71.8 Å². The van der Waals surface area contributed by atoms with Crippen molar-refractivity contribution in [2.24, 2.45) is 0 Å². The van der Waals surface area contributed by atoms with Crippen LogP contribution in [0.4, 0.5) is 10.1 Å². The molecule has 3 heterocycles. The van der Waals surface area contributed by atoms with Gasteiger partial charge in [0.25, 0.3) is 0 Å². The fraction of sp³-hybridized carbons (Fsp3) is 0.357. The summed E-state index contributed by atoms with van der Waals surface area (Å²) in [5.74, 6) is -0.229. The maximum absolute atomic E-state index is 13.1. The number of carbonyl (C=O) groups is 1. The second-order valence-electron chi connectivity index (χ2n) is 5.03. The molecule has 0 unspecified atom stereocenters. The Morgan fingerprint density at radius 2 is 2.43 bits per heavy atom. The van der Waals surface area contributed by atoms with Crippen molar-refractivity contribution in [1.29, 1.82) is 0 Å². The third kappa shape index (κ3) is 3.43. The third-order valence-corrected chi connectivity index (χ3v) is 3.34. The first-order valence-corrected chi connectivity index (χ1v) is 6.81. The van der Waals surface area contributed by atoms with Crippen molar-refractivity contribution < 1.29 is 9.18 Å². The van der Waals surface area contributed by atoms with Crippen molar-refractivity contribution in [2.75, 3.05) is 11.9 Å². The van der Waals surface area contributed by atoms with Crippen molar-refractivity contribution in [1.82, 2.24) is 20.1 Å². The summed E-state index contributed by atoms with van der Waals surface area (Å²) in [5.41, 5.74) is 1.48. The summed E-state index contributed by atoms with van der Waals surface area (Å²) in [7, 11) is 0. The van der Waals surface area contributed by atoms with E-state index in [1.807, 2.05) is 18.2 Å². The van der Waals surface area contributed by atoms with Crippen molar-refractivity contribution in [3.8, 4) is 0 Å². The number of anilines is 1. The molecule has 110 valence electrons. The average Bonchev–Trinajstić information content (AvgIpc) is 3.09. The highest BCUT2D eigenvalue weighted by Crippen LogP contribution is 2.13. The summed E-state index contributed by atoms with van der Waals surface area (Å²) in [5, 5.41) is 9.76. The lowest BCUT2D eigenvalue weighted by Gasteiger charge is -2.08. The molecule has 1 saturated heterocycles. The molecule has 1 amide bonds. The lowest BCUT2D eigenvalue weighted by Crippen LogP contribution is -2.35. The van der Waals surface area contributed by atoms with Crippen LogP contribution in [0.15, 0.2) is 36.8 Å². The Labute approximate surface area is 121 Å². The number of halogens is 1. The molecular weight excluding hydrogens is 273 g/mol. The molecule has 6 nitrogen and oxygen atoms in total. The Hall–Kier alpha value is -2.28. The Bertz CT molecular complexity index is 615. The van der Waals surface area contributed by atoms with Gasteiger partial charge in [-0.25, -0.2) is 4.39 Å². The first-order valence-electron chi connectivity index (χ1n) is 6.81. The monoisotopic (exact) mass is 289 g/mol. The highest BCUT2D eigenvalue weighted by molar-refractivity contribution is 5.94. The van der Waals surface area contributed by atoms with Crippen LogP contribution in [0.5, 0.6) is 0 Å². The van der Waals surface area contributed by atoms with E-state index in [1.165, 1.54) is 0 Å². The van der Waals surface area contributed by atoms with Gasteiger partial charge >= 0.3 is 0 Å². The highest BCUT2D eigenvalue weighted by atomic mass is 19.1. The van der Waals surface area contributed by atoms with E-state index >= 15 is 0 Å². The minimum Gasteiger partial charge on any atom is -0.322 e. The van der Waals surface area contributed by atoms with Crippen LogP contribution in [0.2, 0.25) is 0 Å². The third-order valence-electron chi connectivity index (χ3n) is 3.34. The molecule has 2 aromatic heterocycles. The molecule has 1 fully saturated rings. The molecule has 0 radical (unpaired) electrons. The molecule has 0 bridgehead atoms. The lowest BCUT2D eigenvalue weighted by atomic mass is 10.2. The zero-order chi connectivity index (χ0) is 14.7. The molecule has 2 N–H and O–H groups in total. The lowest BCUT2D eigenvalue weighted by molar-refractivity contribution is -0.117. The van der Waals surface area contributed by atoms with E-state index in [2.05, 4.69) is 20.7 Å². The number of nitrogens with zero attached hydrogens (tertiary/aromatic N) is 3. The predicted octanol–water partition coefficient (Wildman–Crippen LogP) is 0.965. The molecule has 2 aromatic rings. The number of nitrogens with one attached hydrogen (secondary N) is 2. The van der Waals surface area contributed by atoms with Gasteiger partial charge < -0.3 is 10.6 Å². The van der Waals surface area contributed by atoms with Crippen LogP contribution in [0.25, 0.3) is 0 Å². The number of rotatable bonds is 4. The molecule has 2 atom stereocenters. The van der Waals surface area contributed by atoms with Crippen LogP contribution in [0, 0.1) is 0 Å². The van der Waals surface area contributed by atoms with Gasteiger partial charge in [0.15, 0.2) is 0 Å². The number of amides is 1. The SMILES string of the molecule is O=C(Nc1cnn(Cc2ccccn2)c1)[C@H]1C[C@H](F)CN1. The molecule has 1 aliphatic rings. The van der Waals surface area contributed by atoms with Gasteiger partial charge in [0.2, 0.25) is 5.91 Å². The molecule has 7 heteroatoms. The van der Waals surface area contributed by atoms with E-state index in [0.717, 1.165) is 5.69 Å². The summed E-state index contributed by atoms with van der Waals surface area (Å²) < 4.78 is 14.7. The molecule has 21 heavy (non-hydrogen) atoms. The molecule has 0 spiro atoms. The van der Waals surface area contributed by atoms with Gasteiger partial charge in [-0.2, -0.15) is 5.10 Å². The van der Waals surface area contributed by atoms with Gasteiger partial charge in [-0.05, 0) is 12.1 Å². The van der Waals surface area contributed by atoms with Crippen molar-refractivity contribution in [2.45, 2.75) is 25.2 Å². The molecule has 0 saturated carbocycles. The normalized spacial score (nSPS) is 21.4. The average molecular weight is 289 g/mol. The standard InChI is InChI=1S/C14H16FN5O/c15-10-5-13(17-6-10)14(21)19-12-7-18-20(9-12)8-11-3-1-2-4-16-11/h1-4,7,9-10,13,17H,5-6,8H2,(H,19,21)/t10-,13+/m0/s1. The van der Waals surface area contributed by atoms with Gasteiger partial charge in [-0.15, -0.1) is 0 Å². The van der Waals surface area contributed by atoms with Crippen molar-refractivity contribution in [3.63, 3.8) is 0 Å². The number of carbonyl (C=O) groups excluding carboxylic acids is 1. The zero-order valence-electron chi connectivity index (χ0n) is 11.4. The Morgan fingerprint density at radius 3 is 3.14 bits per heavy atom. The minimum absolute atomic E-state index is 0.216. The number of pyridine rings is 1. The van der Waals surface area contributed by atoms with Crippen molar-refractivity contribution >= 4 is 11.6 Å². The smallest absolute Gasteiger partial charge is 0.241 e. The van der Waals surface area contributed by atoms with Crippen LogP contribution in [-0.2, 0) is 11.3 Å². The fourth-order valence-corrected chi connectivity index (χ4v) is 2.29. The largest absolute Gasteiger partial charge is 0.322 e. The number of aromatic nitrogens is 3. The molecule has 1 aliphatic heterocycles. The molecule has 3 rings (SSSR count). The Balaban J connectivity index is 1.59. The maximum atomic E-state index is 13.1. The minimum atomic E-state index is -0.951. The highest BCUT2D eigenvalue weighted by Gasteiger charge is 2.29. The summed E-state index contributed by atoms with van der Waals surface area (Å²) in [6.45, 7) is 0.766. The van der Waals surface area contributed by atoms with Crippen LogP contribution >= 0.6 is 0 Å². The van der Waals surface area contributed by atoms with Gasteiger partial charge in [0.1, 0.15) is 6.17 Å². The van der Waals surface area contributed by atoms with Gasteiger partial charge in [-0.1, -0.05) is 6.07 Å². The maximum Gasteiger partial charge on any atom is 0.241 e. The fourth-order valence-electron chi connectivity index (χ4n) is 2.29. The van der Waals surface area contributed by atoms with Crippen LogP contribution < -0.4 is 10.6 Å². The van der Waals surface area contributed by atoms with Crippen LogP contribution in [-0.4, -0.2) is 39.4 Å². The number of hydrogen-bond acceptors (Lipinski definition) is 4. The van der Waals surface area contributed by atoms with Gasteiger partial charge in [-0.3, -0.25) is 14.5 Å². The predicted molar refractivity (Wildman–Crippen MR) is 75.5 cm³/mol. The van der Waals surface area contributed by atoms with E-state index in [-0.39, 0.29) is 18.9 Å². The first kappa shape index (κ1) is 13.7. The number of hydrogen-bond donors (Lipinski definition) is 2. The van der Waals surface area contributed by atoms with Crippen molar-refractivity contribution in [3.05, 3.63) is 42.5 Å². The van der Waals surface area contributed by atoms with Gasteiger partial charge in [0, 0.05) is 25.4 Å². The Kier molecular flexibility index (Phi) is 3.92. The number of alkyl halides is 1. The van der Waals surface area contributed by atoms with E-state index in [0.29, 0.717) is 12.2 Å². The zero-order valence-corrected chi connectivity index (χ0v) is 11.4. The van der Waals surface area contributed by atoms with E-state index in [9.17, 15) is 9.18 Å². The summed E-state index contributed by atoms with van der Waals surface area (Å²) >= 11 is 0. The van der Waals surface area contributed by atoms with Crippen LogP contribution in [0.1, 0.15) is 12.1 Å². The summed E-state index contributed by atoms with van der Waals surface area (Å²) in [4.78, 5) is 16.2. The Morgan fingerprint density at radius 1 is 1.52 bits per heavy atom. The summed E-state index contributed by atoms with van der Waals surface area (Å²) in [6.07, 6.45) is 4.29. The first-order chi connectivity index (χ1) is 10.2. The summed E-state index contributed by atoms with van der Waals surface area (Å²) in [6, 6.07) is 5.20. The van der Waals surface area contributed by atoms with Gasteiger partial charge in [0.05, 0.1) is 30.2 Å². The molecular formula is C14H16FN5O. The molecule has 0 aromatic carbocycles. The quantitative estimate of drug-likeness (QED) is 0.879.